The van der Waals surface area contributed by atoms with Crippen molar-refractivity contribution in [3.63, 3.8) is 0 Å². The van der Waals surface area contributed by atoms with Gasteiger partial charge in [0.2, 0.25) is 0 Å². The van der Waals surface area contributed by atoms with Crippen LogP contribution in [0.5, 0.6) is 0 Å². The summed E-state index contributed by atoms with van der Waals surface area (Å²) in [6, 6.07) is 6.73. The van der Waals surface area contributed by atoms with Crippen LogP contribution < -0.4 is 10.2 Å². The van der Waals surface area contributed by atoms with Crippen LogP contribution in [-0.4, -0.2) is 11.7 Å². The molecule has 1 N–H and O–H groups in total. The number of benzene rings is 1. The van der Waals surface area contributed by atoms with E-state index in [-0.39, 0.29) is 5.02 Å². The Kier molecular flexibility index (Phi) is 5.56. The highest BCUT2D eigenvalue weighted by atomic mass is 35.5. The number of hydrogen-bond donors (Lipinski definition) is 1. The van der Waals surface area contributed by atoms with E-state index in [1.807, 2.05) is 11.8 Å². The van der Waals surface area contributed by atoms with Crippen LogP contribution in [0.3, 0.4) is 0 Å². The Bertz CT molecular complexity index is 642. The van der Waals surface area contributed by atoms with Gasteiger partial charge in [0.25, 0.3) is 0 Å². The number of thiophene rings is 1. The molecule has 0 saturated heterocycles. The average molecular weight is 343 g/mol. The van der Waals surface area contributed by atoms with Crippen LogP contribution in [0.4, 0.5) is 10.1 Å². The third kappa shape index (κ3) is 3.93. The van der Waals surface area contributed by atoms with Crippen molar-refractivity contribution in [1.82, 2.24) is 5.32 Å². The smallest absolute Gasteiger partial charge is 0.173 e. The topological polar surface area (TPSA) is 15.3 Å². The highest BCUT2D eigenvalue weighted by Gasteiger charge is 2.15. The molecule has 1 aromatic heterocycles. The summed E-state index contributed by atoms with van der Waals surface area (Å²) in [6.45, 7) is 5.42. The number of aryl methyl sites for hydroxylation is 1. The van der Waals surface area contributed by atoms with E-state index < -0.39 is 5.82 Å². The molecule has 112 valence electrons. The monoisotopic (exact) mass is 342 g/mol. The lowest BCUT2D eigenvalue weighted by Crippen LogP contribution is -2.39. The van der Waals surface area contributed by atoms with Crippen LogP contribution in [0, 0.1) is 12.7 Å². The first-order valence-electron chi connectivity index (χ1n) is 6.56. The zero-order valence-electron chi connectivity index (χ0n) is 11.8. The van der Waals surface area contributed by atoms with Gasteiger partial charge in [-0.25, -0.2) is 4.39 Å². The van der Waals surface area contributed by atoms with Crippen molar-refractivity contribution >= 4 is 46.0 Å². The fraction of sp³-hybridized carbons (Fsp3) is 0.267. The van der Waals surface area contributed by atoms with E-state index in [9.17, 15) is 4.39 Å². The van der Waals surface area contributed by atoms with E-state index in [4.69, 9.17) is 23.8 Å². The second-order valence-electron chi connectivity index (χ2n) is 4.55. The SMILES string of the molecule is CCNC(=S)N(Cc1sccc1C)c1ccc(F)c(Cl)c1. The molecule has 0 spiro atoms. The van der Waals surface area contributed by atoms with E-state index in [1.165, 1.54) is 16.5 Å². The molecule has 0 saturated carbocycles. The van der Waals surface area contributed by atoms with Gasteiger partial charge >= 0.3 is 0 Å². The molecule has 0 bridgehead atoms. The second-order valence-corrected chi connectivity index (χ2v) is 6.34. The van der Waals surface area contributed by atoms with Crippen LogP contribution in [0.1, 0.15) is 17.4 Å². The summed E-state index contributed by atoms with van der Waals surface area (Å²) in [4.78, 5) is 3.15. The standard InChI is InChI=1S/C15H16ClFN2S2/c1-3-18-15(20)19(9-14-10(2)6-7-21-14)11-4-5-13(17)12(16)8-11/h4-8H,3,9H2,1-2H3,(H,18,20). The fourth-order valence-electron chi connectivity index (χ4n) is 1.89. The molecule has 0 radical (unpaired) electrons. The molecule has 0 fully saturated rings. The summed E-state index contributed by atoms with van der Waals surface area (Å²) < 4.78 is 13.4. The van der Waals surface area contributed by atoms with Gasteiger partial charge in [0, 0.05) is 17.1 Å². The largest absolute Gasteiger partial charge is 0.363 e. The van der Waals surface area contributed by atoms with Gasteiger partial charge in [-0.1, -0.05) is 11.6 Å². The lowest BCUT2D eigenvalue weighted by atomic mass is 10.2. The van der Waals surface area contributed by atoms with Crippen molar-refractivity contribution in [2.75, 3.05) is 11.4 Å². The molecule has 1 heterocycles. The Hall–Kier alpha value is -1.17. The highest BCUT2D eigenvalue weighted by molar-refractivity contribution is 7.80. The minimum atomic E-state index is -0.429. The molecule has 6 heteroatoms. The fourth-order valence-corrected chi connectivity index (χ4v) is 3.27. The van der Waals surface area contributed by atoms with Crippen molar-refractivity contribution in [2.24, 2.45) is 0 Å². The van der Waals surface area contributed by atoms with Crippen molar-refractivity contribution in [1.29, 1.82) is 0 Å². The van der Waals surface area contributed by atoms with E-state index in [0.29, 0.717) is 11.7 Å². The summed E-state index contributed by atoms with van der Waals surface area (Å²) in [5, 5.41) is 5.89. The second kappa shape index (κ2) is 7.20. The summed E-state index contributed by atoms with van der Waals surface area (Å²) in [7, 11) is 0. The number of anilines is 1. The Morgan fingerprint density at radius 2 is 2.19 bits per heavy atom. The quantitative estimate of drug-likeness (QED) is 0.807. The van der Waals surface area contributed by atoms with Gasteiger partial charge in [0.15, 0.2) is 5.11 Å². The number of nitrogens with one attached hydrogen (secondary N) is 1. The number of rotatable bonds is 4. The van der Waals surface area contributed by atoms with E-state index >= 15 is 0 Å². The first kappa shape index (κ1) is 16.2. The van der Waals surface area contributed by atoms with Crippen molar-refractivity contribution in [2.45, 2.75) is 20.4 Å². The number of nitrogens with zero attached hydrogens (tertiary/aromatic N) is 1. The summed E-state index contributed by atoms with van der Waals surface area (Å²) in [6.07, 6.45) is 0. The minimum absolute atomic E-state index is 0.0969. The molecular formula is C15H16ClFN2S2. The molecule has 0 unspecified atom stereocenters. The first-order chi connectivity index (χ1) is 10.0. The maximum absolute atomic E-state index is 13.4. The van der Waals surface area contributed by atoms with Crippen molar-refractivity contribution in [3.05, 3.63) is 50.9 Å². The van der Waals surface area contributed by atoms with Gasteiger partial charge in [-0.05, 0) is 61.3 Å². The van der Waals surface area contributed by atoms with Gasteiger partial charge in [-0.15, -0.1) is 11.3 Å². The first-order valence-corrected chi connectivity index (χ1v) is 8.23. The molecule has 0 amide bonds. The van der Waals surface area contributed by atoms with Gasteiger partial charge in [-0.2, -0.15) is 0 Å². The Labute approximate surface area is 138 Å². The van der Waals surface area contributed by atoms with Gasteiger partial charge < -0.3 is 10.2 Å². The molecular weight excluding hydrogens is 327 g/mol. The predicted octanol–water partition coefficient (Wildman–Crippen LogP) is 4.75. The number of hydrogen-bond acceptors (Lipinski definition) is 2. The predicted molar refractivity (Wildman–Crippen MR) is 92.9 cm³/mol. The van der Waals surface area contributed by atoms with Crippen LogP contribution in [0.2, 0.25) is 5.02 Å². The maximum atomic E-state index is 13.4. The molecule has 2 nitrogen and oxygen atoms in total. The van der Waals surface area contributed by atoms with Crippen LogP contribution in [0.15, 0.2) is 29.6 Å². The minimum Gasteiger partial charge on any atom is -0.363 e. The normalized spacial score (nSPS) is 10.5. The zero-order valence-corrected chi connectivity index (χ0v) is 14.2. The molecule has 0 atom stereocenters. The summed E-state index contributed by atoms with van der Waals surface area (Å²) in [5.41, 5.74) is 2.00. The highest BCUT2D eigenvalue weighted by Crippen LogP contribution is 2.26. The van der Waals surface area contributed by atoms with Crippen LogP contribution in [0.25, 0.3) is 0 Å². The lowest BCUT2D eigenvalue weighted by molar-refractivity contribution is 0.628. The van der Waals surface area contributed by atoms with Crippen LogP contribution >= 0.6 is 35.2 Å². The molecule has 2 rings (SSSR count). The molecule has 0 aliphatic heterocycles. The van der Waals surface area contributed by atoms with Gasteiger partial charge in [0.05, 0.1) is 11.6 Å². The average Bonchev–Trinajstić information content (AvgIpc) is 2.85. The zero-order chi connectivity index (χ0) is 15.4. The Morgan fingerprint density at radius 1 is 1.43 bits per heavy atom. The van der Waals surface area contributed by atoms with Crippen LogP contribution in [-0.2, 0) is 6.54 Å². The third-order valence-electron chi connectivity index (χ3n) is 3.06. The molecule has 0 aliphatic rings. The maximum Gasteiger partial charge on any atom is 0.173 e. The molecule has 2 aromatic rings. The van der Waals surface area contributed by atoms with Gasteiger partial charge in [0.1, 0.15) is 5.82 Å². The Balaban J connectivity index is 2.33. The number of thiocarbonyl (C=S) groups is 1. The van der Waals surface area contributed by atoms with E-state index in [0.717, 1.165) is 12.2 Å². The van der Waals surface area contributed by atoms with E-state index in [1.54, 1.807) is 23.5 Å². The number of halogens is 2. The van der Waals surface area contributed by atoms with Crippen molar-refractivity contribution < 1.29 is 4.39 Å². The molecule has 0 aliphatic carbocycles. The summed E-state index contributed by atoms with van der Waals surface area (Å²) in [5.74, 6) is -0.429. The van der Waals surface area contributed by atoms with Crippen molar-refractivity contribution in [3.8, 4) is 0 Å². The third-order valence-corrected chi connectivity index (χ3v) is 4.72. The molecule has 1 aromatic carbocycles. The molecule has 21 heavy (non-hydrogen) atoms. The summed E-state index contributed by atoms with van der Waals surface area (Å²) >= 11 is 13.0. The lowest BCUT2D eigenvalue weighted by Gasteiger charge is -2.26. The van der Waals surface area contributed by atoms with E-state index in [2.05, 4.69) is 23.7 Å². The Morgan fingerprint density at radius 3 is 2.76 bits per heavy atom. The van der Waals surface area contributed by atoms with Gasteiger partial charge in [-0.3, -0.25) is 0 Å².